The highest BCUT2D eigenvalue weighted by atomic mass is 19.1. The van der Waals surface area contributed by atoms with E-state index in [-0.39, 0.29) is 36.0 Å². The first-order chi connectivity index (χ1) is 27.9. The number of ether oxygens (including phenoxy) is 6. The van der Waals surface area contributed by atoms with Crippen molar-refractivity contribution in [2.45, 2.75) is 57.8 Å². The summed E-state index contributed by atoms with van der Waals surface area (Å²) in [5.74, 6) is -0.106. The van der Waals surface area contributed by atoms with E-state index < -0.39 is 5.82 Å². The fourth-order valence-corrected chi connectivity index (χ4v) is 6.63. The summed E-state index contributed by atoms with van der Waals surface area (Å²) in [5.41, 5.74) is 3.22. The second-order valence-electron chi connectivity index (χ2n) is 13.9. The number of fused-ring (bicyclic) bond motifs is 1. The lowest BCUT2D eigenvalue weighted by Gasteiger charge is -2.32. The first-order valence-corrected chi connectivity index (χ1v) is 19.7. The summed E-state index contributed by atoms with van der Waals surface area (Å²) < 4.78 is 49.7. The highest BCUT2D eigenvalue weighted by Gasteiger charge is 2.31. The number of carbonyl (C=O) groups excluding carboxylic acids is 2. The summed E-state index contributed by atoms with van der Waals surface area (Å²) in [6.45, 7) is 8.57. The Kier molecular flexibility index (Phi) is 15.7. The topological polar surface area (TPSA) is 159 Å². The van der Waals surface area contributed by atoms with Gasteiger partial charge in [0, 0.05) is 61.7 Å². The number of benzene rings is 2. The molecule has 0 aliphatic carbocycles. The number of piperidine rings is 1. The zero-order chi connectivity index (χ0) is 39.8. The molecule has 2 fully saturated rings. The molecule has 2 aliphatic rings. The molecule has 6 rings (SSSR count). The number of rotatable bonds is 22. The van der Waals surface area contributed by atoms with E-state index in [0.29, 0.717) is 126 Å². The Labute approximate surface area is 332 Å². The van der Waals surface area contributed by atoms with Crippen LogP contribution in [0.5, 0.6) is 5.88 Å². The number of hydrogen-bond donors (Lipinski definition) is 1. The zero-order valence-corrected chi connectivity index (χ0v) is 32.5. The Hall–Kier alpha value is -4.98. The van der Waals surface area contributed by atoms with Crippen LogP contribution in [0.25, 0.3) is 11.0 Å². The standard InChI is InChI=1S/C42H51FN6O8/c1-2-16-52-19-21-54-23-24-55-22-20-53-18-13-45-41(50)32-8-9-37-38(26-32)49(28-34-12-17-56-34)40(47-37)42(51)48-14-10-31(11-15-48)36-4-3-5-39(46-36)57-29-33-7-6-30(27-44)25-35(33)43/h3-9,25-26,31,34H,2,10-24,28-29H2,1H3,(H,45,50)/t34-/m0/s1. The number of aromatic nitrogens is 3. The highest BCUT2D eigenvalue weighted by molar-refractivity contribution is 5.99. The molecule has 2 aromatic carbocycles. The fourth-order valence-electron chi connectivity index (χ4n) is 6.63. The maximum Gasteiger partial charge on any atom is 0.289 e. The molecule has 2 aromatic heterocycles. The third-order valence-electron chi connectivity index (χ3n) is 9.88. The van der Waals surface area contributed by atoms with Gasteiger partial charge >= 0.3 is 0 Å². The first-order valence-electron chi connectivity index (χ1n) is 19.7. The number of carbonyl (C=O) groups is 2. The van der Waals surface area contributed by atoms with E-state index in [0.717, 1.165) is 25.1 Å². The van der Waals surface area contributed by atoms with Crippen LogP contribution in [0.1, 0.15) is 76.3 Å². The Morgan fingerprint density at radius 3 is 2.30 bits per heavy atom. The largest absolute Gasteiger partial charge is 0.473 e. The van der Waals surface area contributed by atoms with Crippen molar-refractivity contribution in [3.8, 4) is 11.9 Å². The lowest BCUT2D eigenvalue weighted by Crippen LogP contribution is -2.40. The van der Waals surface area contributed by atoms with Crippen LogP contribution < -0.4 is 10.1 Å². The van der Waals surface area contributed by atoms with Crippen molar-refractivity contribution < 1.29 is 42.4 Å². The molecule has 1 atom stereocenters. The second kappa shape index (κ2) is 21.5. The van der Waals surface area contributed by atoms with Crippen LogP contribution in [-0.2, 0) is 36.8 Å². The van der Waals surface area contributed by atoms with Crippen molar-refractivity contribution in [2.75, 3.05) is 79.1 Å². The van der Waals surface area contributed by atoms with Gasteiger partial charge in [0.1, 0.15) is 12.4 Å². The van der Waals surface area contributed by atoms with Gasteiger partial charge in [-0.2, -0.15) is 5.26 Å². The van der Waals surface area contributed by atoms with Crippen molar-refractivity contribution in [3.05, 3.63) is 88.6 Å². The molecular formula is C42H51FN6O8. The minimum Gasteiger partial charge on any atom is -0.473 e. The molecule has 304 valence electrons. The Balaban J connectivity index is 0.985. The Morgan fingerprint density at radius 1 is 0.912 bits per heavy atom. The van der Waals surface area contributed by atoms with Crippen molar-refractivity contribution in [1.29, 1.82) is 5.26 Å². The second-order valence-corrected chi connectivity index (χ2v) is 13.9. The molecule has 4 heterocycles. The third kappa shape index (κ3) is 11.8. The van der Waals surface area contributed by atoms with Crippen LogP contribution in [0, 0.1) is 17.1 Å². The molecule has 0 unspecified atom stereocenters. The molecule has 1 N–H and O–H groups in total. The molecule has 2 saturated heterocycles. The van der Waals surface area contributed by atoms with E-state index >= 15 is 0 Å². The summed E-state index contributed by atoms with van der Waals surface area (Å²) in [7, 11) is 0. The number of nitrogens with one attached hydrogen (secondary N) is 1. The van der Waals surface area contributed by atoms with Crippen molar-refractivity contribution in [1.82, 2.24) is 24.8 Å². The van der Waals surface area contributed by atoms with E-state index in [4.69, 9.17) is 38.7 Å². The number of amides is 2. The number of likely N-dealkylation sites (tertiary alicyclic amines) is 1. The lowest BCUT2D eigenvalue weighted by molar-refractivity contribution is -0.0589. The van der Waals surface area contributed by atoms with Crippen LogP contribution in [-0.4, -0.2) is 116 Å². The number of nitriles is 1. The molecule has 57 heavy (non-hydrogen) atoms. The Bertz CT molecular complexity index is 1970. The van der Waals surface area contributed by atoms with Crippen LogP contribution in [0.3, 0.4) is 0 Å². The van der Waals surface area contributed by atoms with Gasteiger partial charge in [0.2, 0.25) is 5.88 Å². The zero-order valence-electron chi connectivity index (χ0n) is 32.5. The number of hydrogen-bond acceptors (Lipinski definition) is 11. The van der Waals surface area contributed by atoms with Gasteiger partial charge in [0.25, 0.3) is 11.8 Å². The summed E-state index contributed by atoms with van der Waals surface area (Å²) >= 11 is 0. The molecule has 0 bridgehead atoms. The van der Waals surface area contributed by atoms with E-state index in [2.05, 4.69) is 17.2 Å². The van der Waals surface area contributed by atoms with Crippen LogP contribution in [0.2, 0.25) is 0 Å². The van der Waals surface area contributed by atoms with E-state index in [1.165, 1.54) is 12.1 Å². The lowest BCUT2D eigenvalue weighted by atomic mass is 9.93. The van der Waals surface area contributed by atoms with Crippen LogP contribution in [0.4, 0.5) is 4.39 Å². The SMILES string of the molecule is CCCOCCOCCOCCOCCNC(=O)c1ccc2nc(C(=O)N3CCC(c4cccc(OCc5ccc(C#N)cc5F)n4)CC3)n(C[C@@H]3CCO3)c2c1. The average molecular weight is 787 g/mol. The quantitative estimate of drug-likeness (QED) is 0.107. The van der Waals surface area contributed by atoms with Gasteiger partial charge in [-0.25, -0.2) is 14.4 Å². The van der Waals surface area contributed by atoms with Crippen molar-refractivity contribution >= 4 is 22.8 Å². The monoisotopic (exact) mass is 786 g/mol. The van der Waals surface area contributed by atoms with E-state index in [1.807, 2.05) is 27.7 Å². The first kappa shape index (κ1) is 41.6. The van der Waals surface area contributed by atoms with E-state index in [1.54, 1.807) is 30.3 Å². The van der Waals surface area contributed by atoms with Gasteiger partial charge < -0.3 is 43.2 Å². The van der Waals surface area contributed by atoms with Crippen LogP contribution in [0.15, 0.2) is 54.6 Å². The summed E-state index contributed by atoms with van der Waals surface area (Å²) in [4.78, 5) is 38.4. The maximum atomic E-state index is 14.4. The fraction of sp³-hybridized carbons (Fsp3) is 0.500. The Morgan fingerprint density at radius 2 is 1.63 bits per heavy atom. The summed E-state index contributed by atoms with van der Waals surface area (Å²) in [6.07, 6.45) is 3.23. The number of imidazole rings is 1. The maximum absolute atomic E-state index is 14.4. The summed E-state index contributed by atoms with van der Waals surface area (Å²) in [6, 6.07) is 17.0. The van der Waals surface area contributed by atoms with Crippen LogP contribution >= 0.6 is 0 Å². The molecular weight excluding hydrogens is 735 g/mol. The van der Waals surface area contributed by atoms with Gasteiger partial charge in [0.05, 0.1) is 81.6 Å². The normalized spacial score (nSPS) is 15.7. The summed E-state index contributed by atoms with van der Waals surface area (Å²) in [5, 5.41) is 11.9. The number of halogens is 1. The predicted molar refractivity (Wildman–Crippen MR) is 208 cm³/mol. The molecule has 0 spiro atoms. The highest BCUT2D eigenvalue weighted by Crippen LogP contribution is 2.30. The number of pyridine rings is 1. The van der Waals surface area contributed by atoms with Gasteiger partial charge in [-0.3, -0.25) is 9.59 Å². The predicted octanol–water partition coefficient (Wildman–Crippen LogP) is 5.04. The van der Waals surface area contributed by atoms with Gasteiger partial charge in [-0.15, -0.1) is 0 Å². The van der Waals surface area contributed by atoms with Gasteiger partial charge in [-0.05, 0) is 62.1 Å². The number of nitrogens with zero attached hydrogens (tertiary/aromatic N) is 5. The smallest absolute Gasteiger partial charge is 0.289 e. The van der Waals surface area contributed by atoms with E-state index in [9.17, 15) is 14.0 Å². The molecule has 15 heteroatoms. The van der Waals surface area contributed by atoms with Gasteiger partial charge in [-0.1, -0.05) is 19.1 Å². The van der Waals surface area contributed by atoms with Crippen molar-refractivity contribution in [3.63, 3.8) is 0 Å². The third-order valence-corrected chi connectivity index (χ3v) is 9.88. The minimum atomic E-state index is -0.501. The molecule has 2 amide bonds. The van der Waals surface area contributed by atoms with Crippen molar-refractivity contribution in [2.24, 2.45) is 0 Å². The molecule has 2 aliphatic heterocycles. The average Bonchev–Trinajstić information content (AvgIpc) is 3.59. The van der Waals surface area contributed by atoms with Gasteiger partial charge in [0.15, 0.2) is 5.82 Å². The molecule has 14 nitrogen and oxygen atoms in total. The molecule has 0 radical (unpaired) electrons. The molecule has 4 aromatic rings. The molecule has 0 saturated carbocycles. The minimum absolute atomic E-state index is 0.0146.